The lowest BCUT2D eigenvalue weighted by Crippen LogP contribution is -2.34. The van der Waals surface area contributed by atoms with Crippen LogP contribution in [0.5, 0.6) is 0 Å². The zero-order chi connectivity index (χ0) is 18.9. The monoisotopic (exact) mass is 366 g/mol. The van der Waals surface area contributed by atoms with Gasteiger partial charge in [0.05, 0.1) is 6.61 Å². The molecule has 2 aromatic rings. The topological polar surface area (TPSA) is 15.7 Å². The van der Waals surface area contributed by atoms with Crippen LogP contribution in [0.1, 0.15) is 25.8 Å². The summed E-state index contributed by atoms with van der Waals surface area (Å²) in [6.45, 7) is 11.7. The van der Waals surface area contributed by atoms with Gasteiger partial charge in [-0.2, -0.15) is 0 Å². The van der Waals surface area contributed by atoms with Crippen LogP contribution in [-0.2, 0) is 11.3 Å². The fourth-order valence-corrected chi connectivity index (χ4v) is 3.73. The first-order valence-electron chi connectivity index (χ1n) is 10.3. The Morgan fingerprint density at radius 3 is 2.44 bits per heavy atom. The van der Waals surface area contributed by atoms with Crippen molar-refractivity contribution in [3.05, 3.63) is 66.2 Å². The van der Waals surface area contributed by atoms with Gasteiger partial charge >= 0.3 is 0 Å². The number of likely N-dealkylation sites (tertiary alicyclic amines) is 1. The Bertz CT molecular complexity index is 644. The first kappa shape index (κ1) is 19.9. The third kappa shape index (κ3) is 6.67. The van der Waals surface area contributed by atoms with E-state index in [4.69, 9.17) is 4.74 Å². The van der Waals surface area contributed by atoms with Gasteiger partial charge in [0.2, 0.25) is 0 Å². The molecule has 0 spiro atoms. The minimum Gasteiger partial charge on any atom is -0.381 e. The molecule has 0 saturated carbocycles. The Morgan fingerprint density at radius 1 is 1.04 bits per heavy atom. The van der Waals surface area contributed by atoms with Crippen LogP contribution in [0.15, 0.2) is 60.7 Å². The molecule has 3 heteroatoms. The van der Waals surface area contributed by atoms with Crippen molar-refractivity contribution >= 4 is 5.69 Å². The van der Waals surface area contributed by atoms with Gasteiger partial charge in [-0.3, -0.25) is 0 Å². The summed E-state index contributed by atoms with van der Waals surface area (Å²) in [5.74, 6) is 1.32. The molecule has 0 radical (unpaired) electrons. The highest BCUT2D eigenvalue weighted by Crippen LogP contribution is 2.20. The molecule has 1 aliphatic rings. The summed E-state index contributed by atoms with van der Waals surface area (Å²) in [5, 5.41) is 0. The molecule has 2 aromatic carbocycles. The van der Waals surface area contributed by atoms with Crippen LogP contribution < -0.4 is 4.90 Å². The van der Waals surface area contributed by atoms with Crippen LogP contribution in [0.25, 0.3) is 0 Å². The molecular formula is C24H34N2O. The van der Waals surface area contributed by atoms with Crippen molar-refractivity contribution in [3.63, 3.8) is 0 Å². The fraction of sp³-hybridized carbons (Fsp3) is 0.500. The summed E-state index contributed by atoms with van der Waals surface area (Å²) in [7, 11) is 0. The molecule has 0 aliphatic carbocycles. The van der Waals surface area contributed by atoms with E-state index in [-0.39, 0.29) is 0 Å². The normalized spacial score (nSPS) is 17.5. The summed E-state index contributed by atoms with van der Waals surface area (Å²) in [5.41, 5.74) is 2.67. The van der Waals surface area contributed by atoms with Crippen molar-refractivity contribution in [3.8, 4) is 0 Å². The molecule has 1 saturated heterocycles. The fourth-order valence-electron chi connectivity index (χ4n) is 3.73. The molecule has 0 N–H and O–H groups in total. The zero-order valence-electron chi connectivity index (χ0n) is 16.9. The number of rotatable bonds is 10. The van der Waals surface area contributed by atoms with Gasteiger partial charge < -0.3 is 14.5 Å². The Kier molecular flexibility index (Phi) is 7.73. The van der Waals surface area contributed by atoms with Crippen LogP contribution in [0, 0.1) is 11.8 Å². The van der Waals surface area contributed by atoms with Gasteiger partial charge in [-0.1, -0.05) is 62.4 Å². The number of benzene rings is 2. The second-order valence-corrected chi connectivity index (χ2v) is 8.13. The smallest absolute Gasteiger partial charge is 0.0507 e. The first-order valence-corrected chi connectivity index (χ1v) is 10.3. The van der Waals surface area contributed by atoms with Crippen molar-refractivity contribution in [2.24, 2.45) is 11.8 Å². The molecule has 0 bridgehead atoms. The predicted molar refractivity (Wildman–Crippen MR) is 114 cm³/mol. The van der Waals surface area contributed by atoms with Crippen LogP contribution in [-0.4, -0.2) is 44.3 Å². The van der Waals surface area contributed by atoms with E-state index in [1.165, 1.54) is 30.8 Å². The average molecular weight is 367 g/mol. The van der Waals surface area contributed by atoms with Crippen LogP contribution in [0.4, 0.5) is 5.69 Å². The van der Waals surface area contributed by atoms with E-state index in [0.29, 0.717) is 11.8 Å². The number of hydrogen-bond acceptors (Lipinski definition) is 3. The Hall–Kier alpha value is -1.84. The molecule has 3 rings (SSSR count). The lowest BCUT2D eigenvalue weighted by Gasteiger charge is -2.27. The molecular weight excluding hydrogens is 332 g/mol. The molecule has 146 valence electrons. The highest BCUT2D eigenvalue weighted by Gasteiger charge is 2.23. The summed E-state index contributed by atoms with van der Waals surface area (Å²) in [6.07, 6.45) is 1.27. The third-order valence-corrected chi connectivity index (χ3v) is 5.20. The Morgan fingerprint density at radius 2 is 1.74 bits per heavy atom. The lowest BCUT2D eigenvalue weighted by molar-refractivity contribution is 0.0813. The van der Waals surface area contributed by atoms with Crippen LogP contribution in [0.3, 0.4) is 0 Å². The lowest BCUT2D eigenvalue weighted by atomic mass is 10.1. The Labute approximate surface area is 164 Å². The second-order valence-electron chi connectivity index (χ2n) is 8.13. The van der Waals surface area contributed by atoms with Gasteiger partial charge in [-0.05, 0) is 42.5 Å². The van der Waals surface area contributed by atoms with E-state index in [9.17, 15) is 0 Å². The highest BCUT2D eigenvalue weighted by molar-refractivity contribution is 5.46. The van der Waals surface area contributed by atoms with Gasteiger partial charge in [-0.15, -0.1) is 0 Å². The summed E-state index contributed by atoms with van der Waals surface area (Å²) in [6, 6.07) is 21.6. The minimum atomic E-state index is 0.625. The molecule has 1 unspecified atom stereocenters. The molecule has 1 heterocycles. The van der Waals surface area contributed by atoms with Gasteiger partial charge in [-0.25, -0.2) is 0 Å². The summed E-state index contributed by atoms with van der Waals surface area (Å²) < 4.78 is 5.86. The van der Waals surface area contributed by atoms with Gasteiger partial charge in [0, 0.05) is 38.5 Å². The number of ether oxygens (including phenoxy) is 1. The van der Waals surface area contributed by atoms with Gasteiger partial charge in [0.15, 0.2) is 0 Å². The average Bonchev–Trinajstić information content (AvgIpc) is 3.14. The van der Waals surface area contributed by atoms with Gasteiger partial charge in [0.25, 0.3) is 0 Å². The van der Waals surface area contributed by atoms with Crippen molar-refractivity contribution < 1.29 is 4.74 Å². The Balaban J connectivity index is 1.51. The maximum Gasteiger partial charge on any atom is 0.0507 e. The SMILES string of the molecule is CC(C)COCC1CCN(CCN(Cc2ccccc2)c2ccccc2)C1. The standard InChI is InChI=1S/C24H34N2O/c1-21(2)19-27-20-23-13-14-25(17-23)15-16-26(24-11-7-4-8-12-24)18-22-9-5-3-6-10-22/h3-12,21,23H,13-20H2,1-2H3. The van der Waals surface area contributed by atoms with E-state index < -0.39 is 0 Å². The van der Waals surface area contributed by atoms with Crippen LogP contribution in [0.2, 0.25) is 0 Å². The minimum absolute atomic E-state index is 0.625. The third-order valence-electron chi connectivity index (χ3n) is 5.20. The van der Waals surface area contributed by atoms with Gasteiger partial charge in [0.1, 0.15) is 0 Å². The van der Waals surface area contributed by atoms with E-state index in [2.05, 4.69) is 84.3 Å². The van der Waals surface area contributed by atoms with E-state index >= 15 is 0 Å². The molecule has 3 nitrogen and oxygen atoms in total. The highest BCUT2D eigenvalue weighted by atomic mass is 16.5. The summed E-state index contributed by atoms with van der Waals surface area (Å²) in [4.78, 5) is 5.10. The molecule has 1 fully saturated rings. The van der Waals surface area contributed by atoms with Crippen molar-refractivity contribution in [1.29, 1.82) is 0 Å². The maximum absolute atomic E-state index is 5.86. The van der Waals surface area contributed by atoms with Crippen molar-refractivity contribution in [2.75, 3.05) is 44.3 Å². The quantitative estimate of drug-likeness (QED) is 0.607. The summed E-state index contributed by atoms with van der Waals surface area (Å²) >= 11 is 0. The second kappa shape index (κ2) is 10.5. The number of para-hydroxylation sites is 1. The van der Waals surface area contributed by atoms with E-state index in [1.807, 2.05) is 0 Å². The van der Waals surface area contributed by atoms with Crippen LogP contribution >= 0.6 is 0 Å². The maximum atomic E-state index is 5.86. The zero-order valence-corrected chi connectivity index (χ0v) is 16.9. The number of nitrogens with zero attached hydrogens (tertiary/aromatic N) is 2. The number of anilines is 1. The van der Waals surface area contributed by atoms with Crippen molar-refractivity contribution in [2.45, 2.75) is 26.8 Å². The largest absolute Gasteiger partial charge is 0.381 e. The molecule has 27 heavy (non-hydrogen) atoms. The van der Waals surface area contributed by atoms with Crippen molar-refractivity contribution in [1.82, 2.24) is 4.90 Å². The molecule has 1 aliphatic heterocycles. The number of hydrogen-bond donors (Lipinski definition) is 0. The van der Waals surface area contributed by atoms with E-state index in [0.717, 1.165) is 32.8 Å². The molecule has 1 atom stereocenters. The molecule has 0 amide bonds. The van der Waals surface area contributed by atoms with E-state index in [1.54, 1.807) is 0 Å². The first-order chi connectivity index (χ1) is 13.2. The molecule has 0 aromatic heterocycles. The predicted octanol–water partition coefficient (Wildman–Crippen LogP) is 4.69.